The maximum atomic E-state index is 11.4. The summed E-state index contributed by atoms with van der Waals surface area (Å²) in [5.74, 6) is 0.509. The summed E-state index contributed by atoms with van der Waals surface area (Å²) in [6.45, 7) is 4.75. The van der Waals surface area contributed by atoms with Crippen LogP contribution in [0.1, 0.15) is 44.8 Å². The highest BCUT2D eigenvalue weighted by atomic mass is 32.2. The average Bonchev–Trinajstić information content (AvgIpc) is 2.87. The van der Waals surface area contributed by atoms with Crippen molar-refractivity contribution in [2.75, 3.05) is 18.1 Å². The van der Waals surface area contributed by atoms with Gasteiger partial charge in [0.25, 0.3) is 0 Å². The van der Waals surface area contributed by atoms with Crippen molar-refractivity contribution in [3.63, 3.8) is 0 Å². The molecule has 6 heteroatoms. The highest BCUT2D eigenvalue weighted by Crippen LogP contribution is 2.18. The summed E-state index contributed by atoms with van der Waals surface area (Å²) in [6.07, 6.45) is 2.58. The first-order chi connectivity index (χ1) is 8.59. The van der Waals surface area contributed by atoms with Crippen molar-refractivity contribution in [2.45, 2.75) is 39.2 Å². The van der Waals surface area contributed by atoms with Gasteiger partial charge >= 0.3 is 0 Å². The van der Waals surface area contributed by atoms with Crippen molar-refractivity contribution < 1.29 is 8.42 Å². The van der Waals surface area contributed by atoms with Gasteiger partial charge in [0.1, 0.15) is 9.84 Å². The molecule has 0 saturated heterocycles. The molecule has 1 rings (SSSR count). The van der Waals surface area contributed by atoms with E-state index in [0.29, 0.717) is 6.42 Å². The summed E-state index contributed by atoms with van der Waals surface area (Å²) < 4.78 is 22.9. The quantitative estimate of drug-likeness (QED) is 0.758. The largest absolute Gasteiger partial charge is 0.309 e. The molecular weight excluding hydrogens is 268 g/mol. The summed E-state index contributed by atoms with van der Waals surface area (Å²) in [5, 5.41) is 5.45. The van der Waals surface area contributed by atoms with E-state index < -0.39 is 9.84 Å². The topological polar surface area (TPSA) is 59.1 Å². The Morgan fingerprint density at radius 2 is 2.22 bits per heavy atom. The van der Waals surface area contributed by atoms with Gasteiger partial charge in [-0.05, 0) is 25.8 Å². The molecule has 1 N–H and O–H groups in total. The molecule has 18 heavy (non-hydrogen) atoms. The van der Waals surface area contributed by atoms with Crippen molar-refractivity contribution in [3.8, 4) is 0 Å². The Labute approximate surface area is 114 Å². The van der Waals surface area contributed by atoms with Crippen LogP contribution in [0.5, 0.6) is 0 Å². The van der Waals surface area contributed by atoms with Crippen LogP contribution < -0.4 is 5.32 Å². The van der Waals surface area contributed by atoms with Gasteiger partial charge in [0, 0.05) is 11.1 Å². The smallest absolute Gasteiger partial charge is 0.150 e. The zero-order chi connectivity index (χ0) is 13.4. The van der Waals surface area contributed by atoms with Crippen LogP contribution in [0.2, 0.25) is 0 Å². The molecule has 104 valence electrons. The molecule has 0 fully saturated rings. The van der Waals surface area contributed by atoms with E-state index in [9.17, 15) is 8.42 Å². The Morgan fingerprint density at radius 3 is 2.78 bits per heavy atom. The van der Waals surface area contributed by atoms with Crippen molar-refractivity contribution >= 4 is 21.2 Å². The molecule has 1 unspecified atom stereocenters. The molecular formula is C12H22N2O2S2. The van der Waals surface area contributed by atoms with Gasteiger partial charge in [0.2, 0.25) is 0 Å². The van der Waals surface area contributed by atoms with Crippen molar-refractivity contribution in [3.05, 3.63) is 16.6 Å². The van der Waals surface area contributed by atoms with Gasteiger partial charge in [-0.15, -0.1) is 11.3 Å². The molecule has 1 heterocycles. The fourth-order valence-electron chi connectivity index (χ4n) is 1.72. The molecule has 1 atom stereocenters. The zero-order valence-electron chi connectivity index (χ0n) is 11.1. The normalized spacial score (nSPS) is 13.7. The maximum Gasteiger partial charge on any atom is 0.150 e. The second kappa shape index (κ2) is 7.86. The molecule has 0 spiro atoms. The number of aromatic nitrogens is 1. The van der Waals surface area contributed by atoms with Gasteiger partial charge in [0.15, 0.2) is 0 Å². The van der Waals surface area contributed by atoms with E-state index in [2.05, 4.69) is 17.2 Å². The van der Waals surface area contributed by atoms with E-state index >= 15 is 0 Å². The van der Waals surface area contributed by atoms with Gasteiger partial charge < -0.3 is 5.32 Å². The summed E-state index contributed by atoms with van der Waals surface area (Å²) in [6, 6.07) is 0.184. The van der Waals surface area contributed by atoms with Crippen molar-refractivity contribution in [2.24, 2.45) is 0 Å². The van der Waals surface area contributed by atoms with Crippen molar-refractivity contribution in [1.29, 1.82) is 0 Å². The van der Waals surface area contributed by atoms with E-state index in [1.54, 1.807) is 18.3 Å². The molecule has 0 saturated carbocycles. The Kier molecular flexibility index (Phi) is 6.81. The maximum absolute atomic E-state index is 11.4. The summed E-state index contributed by atoms with van der Waals surface area (Å²) in [4.78, 5) is 4.31. The van der Waals surface area contributed by atoms with E-state index in [1.807, 2.05) is 10.9 Å². The van der Waals surface area contributed by atoms with Crippen LogP contribution >= 0.6 is 11.3 Å². The predicted octanol–water partition coefficient (Wildman–Crippen LogP) is 2.40. The van der Waals surface area contributed by atoms with Crippen LogP contribution in [-0.4, -0.2) is 31.5 Å². The summed E-state index contributed by atoms with van der Waals surface area (Å²) >= 11 is 1.58. The zero-order valence-corrected chi connectivity index (χ0v) is 12.7. The predicted molar refractivity (Wildman–Crippen MR) is 76.7 cm³/mol. The fourth-order valence-corrected chi connectivity index (χ4v) is 3.22. The standard InChI is InChI=1S/C12H22N2O2S2/c1-3-7-13-11(12-9-17-10-14-12)6-5-8-18(15,16)4-2/h9-11,13H,3-8H2,1-2H3. The first kappa shape index (κ1) is 15.6. The van der Waals surface area contributed by atoms with E-state index in [0.717, 1.165) is 25.1 Å². The lowest BCUT2D eigenvalue weighted by molar-refractivity contribution is 0.484. The average molecular weight is 290 g/mol. The third kappa shape index (κ3) is 5.46. The molecule has 1 aromatic heterocycles. The number of thiazole rings is 1. The second-order valence-electron chi connectivity index (χ2n) is 4.30. The van der Waals surface area contributed by atoms with Gasteiger partial charge in [-0.2, -0.15) is 0 Å². The first-order valence-corrected chi connectivity index (χ1v) is 9.17. The van der Waals surface area contributed by atoms with Crippen LogP contribution in [0.3, 0.4) is 0 Å². The van der Waals surface area contributed by atoms with Crippen LogP contribution in [0.15, 0.2) is 10.9 Å². The SMILES string of the molecule is CCCNC(CCCS(=O)(=O)CC)c1cscn1. The lowest BCUT2D eigenvalue weighted by Crippen LogP contribution is -2.23. The van der Waals surface area contributed by atoms with Gasteiger partial charge in [-0.3, -0.25) is 0 Å². The summed E-state index contributed by atoms with van der Waals surface area (Å²) in [5.41, 5.74) is 2.85. The van der Waals surface area contributed by atoms with Gasteiger partial charge in [-0.25, -0.2) is 13.4 Å². The molecule has 1 aromatic rings. The van der Waals surface area contributed by atoms with Crippen LogP contribution in [0.4, 0.5) is 0 Å². The molecule has 0 radical (unpaired) electrons. The molecule has 0 bridgehead atoms. The Morgan fingerprint density at radius 1 is 1.44 bits per heavy atom. The number of sulfone groups is 1. The number of nitrogens with zero attached hydrogens (tertiary/aromatic N) is 1. The van der Waals surface area contributed by atoms with E-state index in [4.69, 9.17) is 0 Å². The third-order valence-electron chi connectivity index (χ3n) is 2.84. The molecule has 4 nitrogen and oxygen atoms in total. The Balaban J connectivity index is 2.47. The van der Waals surface area contributed by atoms with E-state index in [1.165, 1.54) is 0 Å². The minimum absolute atomic E-state index is 0.184. The minimum Gasteiger partial charge on any atom is -0.309 e. The number of hydrogen-bond acceptors (Lipinski definition) is 5. The third-order valence-corrected chi connectivity index (χ3v) is 5.23. The van der Waals surface area contributed by atoms with Crippen LogP contribution in [-0.2, 0) is 9.84 Å². The Hall–Kier alpha value is -0.460. The highest BCUT2D eigenvalue weighted by molar-refractivity contribution is 7.91. The molecule has 0 aliphatic carbocycles. The van der Waals surface area contributed by atoms with Crippen LogP contribution in [0, 0.1) is 0 Å². The molecule has 0 amide bonds. The fraction of sp³-hybridized carbons (Fsp3) is 0.750. The lowest BCUT2D eigenvalue weighted by atomic mass is 10.1. The van der Waals surface area contributed by atoms with Crippen LogP contribution in [0.25, 0.3) is 0 Å². The minimum atomic E-state index is -2.85. The monoisotopic (exact) mass is 290 g/mol. The number of nitrogens with one attached hydrogen (secondary N) is 1. The molecule has 0 aliphatic heterocycles. The Bertz CT molecular complexity index is 415. The van der Waals surface area contributed by atoms with Gasteiger partial charge in [0.05, 0.1) is 23.0 Å². The summed E-state index contributed by atoms with van der Waals surface area (Å²) in [7, 11) is -2.85. The highest BCUT2D eigenvalue weighted by Gasteiger charge is 2.14. The van der Waals surface area contributed by atoms with Crippen molar-refractivity contribution in [1.82, 2.24) is 10.3 Å². The number of hydrogen-bond donors (Lipinski definition) is 1. The first-order valence-electron chi connectivity index (χ1n) is 6.41. The second-order valence-corrected chi connectivity index (χ2v) is 7.49. The lowest BCUT2D eigenvalue weighted by Gasteiger charge is -2.16. The van der Waals surface area contributed by atoms with E-state index in [-0.39, 0.29) is 17.5 Å². The molecule has 0 aliphatic rings. The van der Waals surface area contributed by atoms with Gasteiger partial charge in [-0.1, -0.05) is 13.8 Å². The molecule has 0 aromatic carbocycles. The number of rotatable bonds is 9.